The number of nitrogens with one attached hydrogen (secondary N) is 1. The van der Waals surface area contributed by atoms with Crippen molar-refractivity contribution in [1.82, 2.24) is 9.97 Å². The molecular weight excluding hydrogens is 392 g/mol. The van der Waals surface area contributed by atoms with Gasteiger partial charge in [0.2, 0.25) is 0 Å². The number of rotatable bonds is 5. The molecule has 1 aliphatic heterocycles. The van der Waals surface area contributed by atoms with Crippen molar-refractivity contribution >= 4 is 28.3 Å². The highest BCUT2D eigenvalue weighted by Gasteiger charge is 2.53. The molecule has 0 amide bonds. The number of ether oxygens (including phenoxy) is 2. The van der Waals surface area contributed by atoms with Gasteiger partial charge in [-0.2, -0.15) is 0 Å². The maximum absolute atomic E-state index is 13.7. The lowest BCUT2D eigenvalue weighted by molar-refractivity contribution is -0.121. The number of ketones is 1. The van der Waals surface area contributed by atoms with Crippen LogP contribution < -0.4 is 14.4 Å². The lowest BCUT2D eigenvalue weighted by Gasteiger charge is -2.32. The van der Waals surface area contributed by atoms with Crippen molar-refractivity contribution in [3.8, 4) is 11.5 Å². The molecule has 2 aromatic carbocycles. The summed E-state index contributed by atoms with van der Waals surface area (Å²) in [7, 11) is 3.22. The van der Waals surface area contributed by atoms with Crippen LogP contribution in [0.25, 0.3) is 11.0 Å². The molecule has 7 nitrogen and oxygen atoms in total. The molecule has 4 rings (SSSR count). The number of amidine groups is 1. The summed E-state index contributed by atoms with van der Waals surface area (Å²) in [6.45, 7) is 7.84. The number of benzene rings is 2. The Morgan fingerprint density at radius 1 is 1.10 bits per heavy atom. The topological polar surface area (TPSA) is 79.8 Å². The fourth-order valence-electron chi connectivity index (χ4n) is 4.13. The number of carbonyl (C=O) groups is 1. The predicted octanol–water partition coefficient (Wildman–Crippen LogP) is 4.34. The number of methoxy groups -OCH3 is 2. The summed E-state index contributed by atoms with van der Waals surface area (Å²) < 4.78 is 10.9. The Labute approximate surface area is 182 Å². The molecule has 0 aliphatic carbocycles. The highest BCUT2D eigenvalue weighted by Crippen LogP contribution is 2.42. The van der Waals surface area contributed by atoms with Crippen LogP contribution >= 0.6 is 0 Å². The molecule has 0 spiro atoms. The Bertz CT molecular complexity index is 1110. The van der Waals surface area contributed by atoms with Gasteiger partial charge in [0.15, 0.2) is 5.78 Å². The van der Waals surface area contributed by atoms with E-state index in [1.54, 1.807) is 14.2 Å². The van der Waals surface area contributed by atoms with Gasteiger partial charge in [-0.05, 0) is 39.8 Å². The first-order valence-electron chi connectivity index (χ1n) is 10.4. The number of aromatic nitrogens is 2. The number of carbonyl (C=O) groups excluding carboxylic acids is 1. The average molecular weight is 421 g/mol. The number of aromatic amines is 1. The summed E-state index contributed by atoms with van der Waals surface area (Å²) >= 11 is 0. The van der Waals surface area contributed by atoms with Crippen LogP contribution in [0, 0.1) is 0 Å². The molecule has 1 atom stereocenters. The standard InChI is InChI=1S/C24H28N4O3/c1-14(2)25-23-20(22-26-18-9-7-8-10-19(18)27-22)21(29)24(3,4)28(23)15-11-16(30-5)13-17(12-15)31-6/h7-14,20H,1-6H3,(H,26,27). The van der Waals surface area contributed by atoms with Crippen LogP contribution in [-0.4, -0.2) is 47.4 Å². The molecule has 7 heteroatoms. The molecule has 0 saturated carbocycles. The van der Waals surface area contributed by atoms with Crippen LogP contribution in [0.5, 0.6) is 11.5 Å². The van der Waals surface area contributed by atoms with Gasteiger partial charge in [0, 0.05) is 24.2 Å². The van der Waals surface area contributed by atoms with Gasteiger partial charge in [-0.15, -0.1) is 0 Å². The van der Waals surface area contributed by atoms with Crippen molar-refractivity contribution < 1.29 is 14.3 Å². The van der Waals surface area contributed by atoms with Gasteiger partial charge in [0.1, 0.15) is 34.6 Å². The van der Waals surface area contributed by atoms with Crippen molar-refractivity contribution in [3.05, 3.63) is 48.3 Å². The third-order valence-corrected chi connectivity index (χ3v) is 5.58. The third-order valence-electron chi connectivity index (χ3n) is 5.58. The van der Waals surface area contributed by atoms with E-state index in [9.17, 15) is 4.79 Å². The molecule has 1 aliphatic rings. The average Bonchev–Trinajstić information content (AvgIpc) is 3.23. The SMILES string of the molecule is COc1cc(OC)cc(N2C(=NC(C)C)C(c3nc4ccccc4[nH]3)C(=O)C2(C)C)c1. The first-order chi connectivity index (χ1) is 14.8. The fourth-order valence-corrected chi connectivity index (χ4v) is 4.13. The highest BCUT2D eigenvalue weighted by molar-refractivity contribution is 6.27. The molecule has 2 heterocycles. The normalized spacial score (nSPS) is 19.6. The molecule has 162 valence electrons. The number of imidazole rings is 1. The van der Waals surface area contributed by atoms with Crippen LogP contribution in [0.4, 0.5) is 5.69 Å². The van der Waals surface area contributed by atoms with E-state index >= 15 is 0 Å². The van der Waals surface area contributed by atoms with Gasteiger partial charge in [-0.1, -0.05) is 12.1 Å². The number of aliphatic imine (C=N–C) groups is 1. The minimum Gasteiger partial charge on any atom is -0.497 e. The van der Waals surface area contributed by atoms with E-state index in [-0.39, 0.29) is 11.8 Å². The number of para-hydroxylation sites is 2. The number of H-pyrrole nitrogens is 1. The zero-order chi connectivity index (χ0) is 22.3. The second-order valence-electron chi connectivity index (χ2n) is 8.48. The Hall–Kier alpha value is -3.35. The number of nitrogens with zero attached hydrogens (tertiary/aromatic N) is 3. The van der Waals surface area contributed by atoms with Crippen molar-refractivity contribution in [2.24, 2.45) is 4.99 Å². The zero-order valence-corrected chi connectivity index (χ0v) is 18.8. The second-order valence-corrected chi connectivity index (χ2v) is 8.48. The highest BCUT2D eigenvalue weighted by atomic mass is 16.5. The van der Waals surface area contributed by atoms with Gasteiger partial charge in [-0.3, -0.25) is 9.79 Å². The Morgan fingerprint density at radius 3 is 2.32 bits per heavy atom. The van der Waals surface area contributed by atoms with Crippen LogP contribution in [0.3, 0.4) is 0 Å². The third kappa shape index (κ3) is 3.54. The molecule has 3 aromatic rings. The largest absolute Gasteiger partial charge is 0.497 e. The molecular formula is C24H28N4O3. The summed E-state index contributed by atoms with van der Waals surface area (Å²) in [5.41, 5.74) is 1.67. The lowest BCUT2D eigenvalue weighted by Crippen LogP contribution is -2.45. The second kappa shape index (κ2) is 7.72. The van der Waals surface area contributed by atoms with Crippen LogP contribution in [-0.2, 0) is 4.79 Å². The van der Waals surface area contributed by atoms with Crippen LogP contribution in [0.1, 0.15) is 39.4 Å². The predicted molar refractivity (Wildman–Crippen MR) is 123 cm³/mol. The number of hydrogen-bond donors (Lipinski definition) is 1. The quantitative estimate of drug-likeness (QED) is 0.664. The lowest BCUT2D eigenvalue weighted by atomic mass is 9.93. The van der Waals surface area contributed by atoms with Gasteiger partial charge in [0.05, 0.1) is 30.9 Å². The zero-order valence-electron chi connectivity index (χ0n) is 18.8. The molecule has 1 unspecified atom stereocenters. The molecule has 1 saturated heterocycles. The summed E-state index contributed by atoms with van der Waals surface area (Å²) in [5.74, 6) is 2.01. The molecule has 1 N–H and O–H groups in total. The van der Waals surface area contributed by atoms with E-state index in [2.05, 4.69) is 4.98 Å². The molecule has 1 aromatic heterocycles. The molecule has 0 radical (unpaired) electrons. The smallest absolute Gasteiger partial charge is 0.176 e. The van der Waals surface area contributed by atoms with Crippen molar-refractivity contribution in [2.75, 3.05) is 19.1 Å². The van der Waals surface area contributed by atoms with E-state index in [4.69, 9.17) is 19.5 Å². The maximum Gasteiger partial charge on any atom is 0.176 e. The first-order valence-corrected chi connectivity index (χ1v) is 10.4. The number of fused-ring (bicyclic) bond motifs is 1. The number of Topliss-reactive ketones (excluding diaryl/α,β-unsaturated/α-hetero) is 1. The molecule has 31 heavy (non-hydrogen) atoms. The fraction of sp³-hybridized carbons (Fsp3) is 0.375. The Kier molecular flexibility index (Phi) is 5.21. The summed E-state index contributed by atoms with van der Waals surface area (Å²) in [6, 6.07) is 13.4. The monoisotopic (exact) mass is 420 g/mol. The van der Waals surface area contributed by atoms with Gasteiger partial charge < -0.3 is 19.4 Å². The summed E-state index contributed by atoms with van der Waals surface area (Å²) in [6.07, 6.45) is 0. The number of anilines is 1. The minimum absolute atomic E-state index is 0.00131. The maximum atomic E-state index is 13.7. The Morgan fingerprint density at radius 2 is 1.74 bits per heavy atom. The van der Waals surface area contributed by atoms with E-state index in [1.807, 2.05) is 75.1 Å². The molecule has 0 bridgehead atoms. The minimum atomic E-state index is -0.839. The van der Waals surface area contributed by atoms with E-state index < -0.39 is 11.5 Å². The Balaban J connectivity index is 1.92. The van der Waals surface area contributed by atoms with Gasteiger partial charge in [-0.25, -0.2) is 4.98 Å². The van der Waals surface area contributed by atoms with Crippen molar-refractivity contribution in [1.29, 1.82) is 0 Å². The van der Waals surface area contributed by atoms with Crippen molar-refractivity contribution in [3.63, 3.8) is 0 Å². The molecule has 1 fully saturated rings. The van der Waals surface area contributed by atoms with E-state index in [1.165, 1.54) is 0 Å². The van der Waals surface area contributed by atoms with E-state index in [0.29, 0.717) is 23.2 Å². The van der Waals surface area contributed by atoms with Crippen molar-refractivity contribution in [2.45, 2.75) is 45.2 Å². The first kappa shape index (κ1) is 20.9. The summed E-state index contributed by atoms with van der Waals surface area (Å²) in [4.78, 5) is 28.7. The van der Waals surface area contributed by atoms with E-state index in [0.717, 1.165) is 16.7 Å². The van der Waals surface area contributed by atoms with Gasteiger partial charge in [0.25, 0.3) is 0 Å². The number of hydrogen-bond acceptors (Lipinski definition) is 5. The van der Waals surface area contributed by atoms with Crippen LogP contribution in [0.15, 0.2) is 47.5 Å². The van der Waals surface area contributed by atoms with Gasteiger partial charge >= 0.3 is 0 Å². The summed E-state index contributed by atoms with van der Waals surface area (Å²) in [5, 5.41) is 0. The van der Waals surface area contributed by atoms with Crippen LogP contribution in [0.2, 0.25) is 0 Å².